The quantitative estimate of drug-likeness (QED) is 0.631. The number of rotatable bonds is 4. The summed E-state index contributed by atoms with van der Waals surface area (Å²) in [6.45, 7) is 7.56. The number of halogens is 4. The third-order valence-corrected chi connectivity index (χ3v) is 7.70. The number of hydrogen-bond donors (Lipinski definition) is 1. The minimum Gasteiger partial charge on any atom is -0.481 e. The Morgan fingerprint density at radius 1 is 1.06 bits per heavy atom. The second-order valence-corrected chi connectivity index (χ2v) is 11.1. The van der Waals surface area contributed by atoms with Crippen LogP contribution in [0.15, 0.2) is 18.2 Å². The predicted octanol–water partition coefficient (Wildman–Crippen LogP) is 4.14. The molecule has 1 N–H and O–H groups in total. The van der Waals surface area contributed by atoms with Crippen molar-refractivity contribution in [1.82, 2.24) is 9.80 Å². The smallest absolute Gasteiger partial charge is 0.416 e. The van der Waals surface area contributed by atoms with E-state index in [1.54, 1.807) is 9.80 Å². The number of carboxylic acid groups (broad SMARTS) is 1. The number of carboxylic acids is 1. The van der Waals surface area contributed by atoms with Crippen molar-refractivity contribution in [3.63, 3.8) is 0 Å². The number of hydrogen-bond acceptors (Lipinski definition) is 4. The first kappa shape index (κ1) is 25.7. The van der Waals surface area contributed by atoms with Gasteiger partial charge >= 0.3 is 12.1 Å². The van der Waals surface area contributed by atoms with Gasteiger partial charge in [-0.15, -0.1) is 0 Å². The van der Waals surface area contributed by atoms with Gasteiger partial charge in [0.25, 0.3) is 5.91 Å². The molecule has 0 bridgehead atoms. The fourth-order valence-electron chi connectivity index (χ4n) is 5.37. The van der Waals surface area contributed by atoms with E-state index in [4.69, 9.17) is 0 Å². The Labute approximate surface area is 202 Å². The minimum atomic E-state index is -4.50. The molecule has 3 fully saturated rings. The van der Waals surface area contributed by atoms with E-state index in [0.717, 1.165) is 17.7 Å². The van der Waals surface area contributed by atoms with Crippen LogP contribution in [0.1, 0.15) is 57.1 Å². The van der Waals surface area contributed by atoms with Crippen LogP contribution in [0.4, 0.5) is 23.2 Å². The first-order chi connectivity index (χ1) is 16.2. The van der Waals surface area contributed by atoms with Crippen molar-refractivity contribution in [2.45, 2.75) is 63.3 Å². The number of piperidine rings is 1. The molecular formula is C25H33F4N3O3. The number of likely N-dealkylation sites (tertiary alicyclic amines) is 2. The van der Waals surface area contributed by atoms with E-state index in [9.17, 15) is 27.9 Å². The van der Waals surface area contributed by atoms with Gasteiger partial charge in [-0.1, -0.05) is 6.07 Å². The largest absolute Gasteiger partial charge is 0.481 e. The topological polar surface area (TPSA) is 64.1 Å². The lowest BCUT2D eigenvalue weighted by Gasteiger charge is -2.42. The Bertz CT molecular complexity index is 979. The number of nitrogens with zero attached hydrogens (tertiary/aromatic N) is 3. The van der Waals surface area contributed by atoms with Crippen LogP contribution in [0.5, 0.6) is 0 Å². The average molecular weight is 500 g/mol. The number of anilines is 1. The highest BCUT2D eigenvalue weighted by atomic mass is 19.4. The van der Waals surface area contributed by atoms with Gasteiger partial charge < -0.3 is 14.9 Å². The number of carbonyl (C=O) groups is 2. The monoisotopic (exact) mass is 499 g/mol. The van der Waals surface area contributed by atoms with E-state index < -0.39 is 35.2 Å². The van der Waals surface area contributed by atoms with Crippen LogP contribution in [-0.2, 0) is 15.8 Å². The molecular weight excluding hydrogens is 466 g/mol. The van der Waals surface area contributed by atoms with Crippen molar-refractivity contribution in [1.29, 1.82) is 0 Å². The Balaban J connectivity index is 1.46. The third-order valence-electron chi connectivity index (χ3n) is 7.70. The molecule has 1 aromatic rings. The molecule has 0 saturated carbocycles. The average Bonchev–Trinajstić information content (AvgIpc) is 3.15. The molecule has 6 nitrogen and oxygen atoms in total. The SMILES string of the molecule is CC(C)(C)N1CC[C@](F)(C(=O)N2CCC(c3ccc(C(F)(F)F)cc3N3CC(C(=O)O)C3)CC2)C1. The molecule has 0 spiro atoms. The fourth-order valence-corrected chi connectivity index (χ4v) is 5.37. The summed E-state index contributed by atoms with van der Waals surface area (Å²) in [4.78, 5) is 29.5. The molecule has 1 atom stereocenters. The third kappa shape index (κ3) is 5.13. The van der Waals surface area contributed by atoms with E-state index in [0.29, 0.717) is 38.2 Å². The molecule has 3 aliphatic rings. The zero-order chi connectivity index (χ0) is 25.8. The zero-order valence-electron chi connectivity index (χ0n) is 20.4. The Morgan fingerprint density at radius 3 is 2.20 bits per heavy atom. The second kappa shape index (κ2) is 8.94. The Morgan fingerprint density at radius 2 is 1.69 bits per heavy atom. The molecule has 3 heterocycles. The zero-order valence-corrected chi connectivity index (χ0v) is 20.4. The molecule has 35 heavy (non-hydrogen) atoms. The van der Waals surface area contributed by atoms with Crippen LogP contribution in [0.2, 0.25) is 0 Å². The number of carbonyl (C=O) groups excluding carboxylic acids is 1. The first-order valence-electron chi connectivity index (χ1n) is 12.1. The van der Waals surface area contributed by atoms with E-state index in [1.807, 2.05) is 25.7 Å². The summed E-state index contributed by atoms with van der Waals surface area (Å²) >= 11 is 0. The molecule has 10 heteroatoms. The van der Waals surface area contributed by atoms with Crippen LogP contribution >= 0.6 is 0 Å². The Kier molecular flexibility index (Phi) is 6.57. The highest BCUT2D eigenvalue weighted by Crippen LogP contribution is 2.42. The van der Waals surface area contributed by atoms with E-state index in [-0.39, 0.29) is 37.5 Å². The molecule has 0 aromatic heterocycles. The highest BCUT2D eigenvalue weighted by molar-refractivity contribution is 5.86. The highest BCUT2D eigenvalue weighted by Gasteiger charge is 2.50. The maximum Gasteiger partial charge on any atom is 0.416 e. The van der Waals surface area contributed by atoms with Crippen molar-refractivity contribution < 1.29 is 32.3 Å². The van der Waals surface area contributed by atoms with Crippen LogP contribution in [0.3, 0.4) is 0 Å². The molecule has 4 rings (SSSR count). The van der Waals surface area contributed by atoms with Crippen LogP contribution in [0.25, 0.3) is 0 Å². The van der Waals surface area contributed by atoms with Crippen LogP contribution in [0, 0.1) is 5.92 Å². The summed E-state index contributed by atoms with van der Waals surface area (Å²) in [7, 11) is 0. The van der Waals surface area contributed by atoms with Crippen molar-refractivity contribution in [3.05, 3.63) is 29.3 Å². The van der Waals surface area contributed by atoms with Gasteiger partial charge in [0, 0.05) is 56.9 Å². The maximum atomic E-state index is 15.6. The molecule has 1 aromatic carbocycles. The van der Waals surface area contributed by atoms with Gasteiger partial charge in [-0.2, -0.15) is 13.2 Å². The number of benzene rings is 1. The van der Waals surface area contributed by atoms with Crippen LogP contribution < -0.4 is 4.90 Å². The molecule has 1 amide bonds. The second-order valence-electron chi connectivity index (χ2n) is 11.1. The maximum absolute atomic E-state index is 15.6. The normalized spacial score (nSPS) is 25.1. The summed E-state index contributed by atoms with van der Waals surface area (Å²) in [6, 6.07) is 3.63. The van der Waals surface area contributed by atoms with Gasteiger partial charge in [0.1, 0.15) is 0 Å². The minimum absolute atomic E-state index is 0.0675. The molecule has 3 saturated heterocycles. The summed E-state index contributed by atoms with van der Waals surface area (Å²) in [5.41, 5.74) is -1.78. The van der Waals surface area contributed by atoms with Gasteiger partial charge in [0.05, 0.1) is 11.5 Å². The summed E-state index contributed by atoms with van der Waals surface area (Å²) < 4.78 is 55.7. The first-order valence-corrected chi connectivity index (χ1v) is 12.1. The fraction of sp³-hybridized carbons (Fsp3) is 0.680. The van der Waals surface area contributed by atoms with Gasteiger partial charge in [0.15, 0.2) is 0 Å². The molecule has 0 aliphatic carbocycles. The number of amides is 1. The lowest BCUT2D eigenvalue weighted by atomic mass is 9.85. The van der Waals surface area contributed by atoms with Crippen molar-refractivity contribution >= 4 is 17.6 Å². The number of aliphatic carboxylic acids is 1. The van der Waals surface area contributed by atoms with Gasteiger partial charge in [-0.25, -0.2) is 4.39 Å². The van der Waals surface area contributed by atoms with E-state index in [2.05, 4.69) is 0 Å². The van der Waals surface area contributed by atoms with Gasteiger partial charge in [0.2, 0.25) is 5.67 Å². The lowest BCUT2D eigenvalue weighted by Crippen LogP contribution is -2.52. The molecule has 3 aliphatic heterocycles. The van der Waals surface area contributed by atoms with E-state index >= 15 is 4.39 Å². The van der Waals surface area contributed by atoms with Crippen molar-refractivity contribution in [3.8, 4) is 0 Å². The molecule has 194 valence electrons. The Hall–Kier alpha value is -2.36. The summed E-state index contributed by atoms with van der Waals surface area (Å²) in [5, 5.41) is 9.17. The number of alkyl halides is 4. The predicted molar refractivity (Wildman–Crippen MR) is 123 cm³/mol. The van der Waals surface area contributed by atoms with Crippen LogP contribution in [-0.4, -0.2) is 77.3 Å². The van der Waals surface area contributed by atoms with Gasteiger partial charge in [-0.05, 0) is 57.2 Å². The van der Waals surface area contributed by atoms with Crippen molar-refractivity contribution in [2.75, 3.05) is 44.2 Å². The van der Waals surface area contributed by atoms with Gasteiger partial charge in [-0.3, -0.25) is 14.5 Å². The van der Waals surface area contributed by atoms with Crippen molar-refractivity contribution in [2.24, 2.45) is 5.92 Å². The molecule has 0 unspecified atom stereocenters. The standard InChI is InChI=1S/C25H33F4N3O3/c1-23(2,3)32-11-8-24(26,15-32)22(35)30-9-6-16(7-10-30)19-5-4-18(25(27,28)29)12-20(19)31-13-17(14-31)21(33)34/h4-5,12,16-17H,6-11,13-15H2,1-3H3,(H,33,34)/t24-/m1/s1. The summed E-state index contributed by atoms with van der Waals surface area (Å²) in [5.74, 6) is -2.15. The summed E-state index contributed by atoms with van der Waals surface area (Å²) in [6.07, 6.45) is -3.32. The van der Waals surface area contributed by atoms with E-state index in [1.165, 1.54) is 6.07 Å². The molecule has 0 radical (unpaired) electrons. The lowest BCUT2D eigenvalue weighted by molar-refractivity contribution is -0.144.